The average Bonchev–Trinajstić information content (AvgIpc) is 2.52. The van der Waals surface area contributed by atoms with Gasteiger partial charge in [-0.1, -0.05) is 43.7 Å². The van der Waals surface area contributed by atoms with Crippen LogP contribution in [-0.4, -0.2) is 32.3 Å². The Hall–Kier alpha value is -1.55. The minimum atomic E-state index is 0.698. The zero-order valence-corrected chi connectivity index (χ0v) is 13.4. The zero-order chi connectivity index (χ0) is 15.2. The van der Waals surface area contributed by atoms with E-state index in [1.807, 2.05) is 18.2 Å². The van der Waals surface area contributed by atoms with Crippen molar-refractivity contribution < 1.29 is 4.74 Å². The number of hydrogen-bond donors (Lipinski definition) is 2. The normalized spacial score (nSPS) is 11.4. The molecule has 0 atom stereocenters. The van der Waals surface area contributed by atoms with Gasteiger partial charge in [-0.15, -0.1) is 0 Å². The zero-order valence-electron chi connectivity index (χ0n) is 13.4. The number of benzene rings is 1. The molecule has 21 heavy (non-hydrogen) atoms. The summed E-state index contributed by atoms with van der Waals surface area (Å²) in [5, 5.41) is 6.60. The van der Waals surface area contributed by atoms with Crippen LogP contribution in [-0.2, 0) is 11.3 Å². The van der Waals surface area contributed by atoms with Crippen LogP contribution < -0.4 is 10.6 Å². The molecule has 0 fully saturated rings. The molecule has 1 rings (SSSR count). The minimum Gasteiger partial charge on any atom is -0.381 e. The van der Waals surface area contributed by atoms with E-state index in [1.54, 1.807) is 0 Å². The number of nitrogens with zero attached hydrogens (tertiary/aromatic N) is 1. The van der Waals surface area contributed by atoms with E-state index in [0.717, 1.165) is 45.1 Å². The maximum Gasteiger partial charge on any atom is 0.191 e. The standard InChI is InChI=1S/C17H29N3O/c1-3-5-13-21-14-9-12-19-17(18-4-2)20-15-16-10-7-6-8-11-16/h6-8,10-11H,3-5,9,12-15H2,1-2H3,(H2,18,19,20). The third kappa shape index (κ3) is 9.08. The number of ether oxygens (including phenoxy) is 1. The van der Waals surface area contributed by atoms with Gasteiger partial charge >= 0.3 is 0 Å². The highest BCUT2D eigenvalue weighted by Gasteiger charge is 1.97. The van der Waals surface area contributed by atoms with Crippen molar-refractivity contribution in [3.05, 3.63) is 35.9 Å². The molecule has 1 aromatic rings. The molecule has 0 heterocycles. The summed E-state index contributed by atoms with van der Waals surface area (Å²) in [4.78, 5) is 4.58. The van der Waals surface area contributed by atoms with Gasteiger partial charge in [0.05, 0.1) is 6.54 Å². The largest absolute Gasteiger partial charge is 0.381 e. The Morgan fingerprint density at radius 1 is 1.05 bits per heavy atom. The quantitative estimate of drug-likeness (QED) is 0.396. The van der Waals surface area contributed by atoms with E-state index in [2.05, 4.69) is 41.6 Å². The fourth-order valence-corrected chi connectivity index (χ4v) is 1.82. The molecular formula is C17H29N3O. The summed E-state index contributed by atoms with van der Waals surface area (Å²) in [6.45, 7) is 8.39. The topological polar surface area (TPSA) is 45.6 Å². The van der Waals surface area contributed by atoms with Crippen molar-refractivity contribution >= 4 is 5.96 Å². The SMILES string of the molecule is CCCCOCCCNC(=NCc1ccccc1)NCC. The van der Waals surface area contributed by atoms with Gasteiger partial charge in [-0.2, -0.15) is 0 Å². The fraction of sp³-hybridized carbons (Fsp3) is 0.588. The first-order chi connectivity index (χ1) is 10.4. The first-order valence-corrected chi connectivity index (χ1v) is 8.00. The van der Waals surface area contributed by atoms with Crippen LogP contribution in [0.15, 0.2) is 35.3 Å². The lowest BCUT2D eigenvalue weighted by molar-refractivity contribution is 0.129. The van der Waals surface area contributed by atoms with E-state index in [1.165, 1.54) is 12.0 Å². The molecular weight excluding hydrogens is 262 g/mol. The summed E-state index contributed by atoms with van der Waals surface area (Å²) >= 11 is 0. The van der Waals surface area contributed by atoms with Gasteiger partial charge in [-0.3, -0.25) is 0 Å². The monoisotopic (exact) mass is 291 g/mol. The smallest absolute Gasteiger partial charge is 0.191 e. The molecule has 0 aliphatic rings. The molecule has 0 aliphatic carbocycles. The van der Waals surface area contributed by atoms with E-state index in [0.29, 0.717) is 6.54 Å². The molecule has 0 aliphatic heterocycles. The molecule has 2 N–H and O–H groups in total. The molecule has 1 aromatic carbocycles. The van der Waals surface area contributed by atoms with Crippen molar-refractivity contribution in [2.75, 3.05) is 26.3 Å². The van der Waals surface area contributed by atoms with Gasteiger partial charge in [0.1, 0.15) is 0 Å². The molecule has 0 aromatic heterocycles. The predicted molar refractivity (Wildman–Crippen MR) is 89.6 cm³/mol. The van der Waals surface area contributed by atoms with Gasteiger partial charge < -0.3 is 15.4 Å². The third-order valence-corrected chi connectivity index (χ3v) is 3.01. The van der Waals surface area contributed by atoms with Crippen molar-refractivity contribution in [2.24, 2.45) is 4.99 Å². The molecule has 4 nitrogen and oxygen atoms in total. The molecule has 0 spiro atoms. The maximum atomic E-state index is 5.54. The van der Waals surface area contributed by atoms with E-state index in [4.69, 9.17) is 4.74 Å². The lowest BCUT2D eigenvalue weighted by Gasteiger charge is -2.11. The maximum absolute atomic E-state index is 5.54. The minimum absolute atomic E-state index is 0.698. The van der Waals surface area contributed by atoms with E-state index in [9.17, 15) is 0 Å². The van der Waals surface area contributed by atoms with Gasteiger partial charge in [0, 0.05) is 26.3 Å². The first-order valence-electron chi connectivity index (χ1n) is 8.00. The lowest BCUT2D eigenvalue weighted by atomic mass is 10.2. The highest BCUT2D eigenvalue weighted by Crippen LogP contribution is 1.99. The molecule has 0 radical (unpaired) electrons. The summed E-state index contributed by atoms with van der Waals surface area (Å²) in [5.41, 5.74) is 1.22. The van der Waals surface area contributed by atoms with Crippen LogP contribution in [0.1, 0.15) is 38.7 Å². The lowest BCUT2D eigenvalue weighted by Crippen LogP contribution is -2.38. The van der Waals surface area contributed by atoms with Crippen molar-refractivity contribution in [1.82, 2.24) is 10.6 Å². The molecule has 0 saturated heterocycles. The molecule has 0 saturated carbocycles. The fourth-order valence-electron chi connectivity index (χ4n) is 1.82. The Morgan fingerprint density at radius 2 is 1.81 bits per heavy atom. The Kier molecular flexibility index (Phi) is 10.2. The number of nitrogens with one attached hydrogen (secondary N) is 2. The van der Waals surface area contributed by atoms with Crippen LogP contribution in [0.25, 0.3) is 0 Å². The Balaban J connectivity index is 2.23. The van der Waals surface area contributed by atoms with Crippen molar-refractivity contribution in [2.45, 2.75) is 39.7 Å². The molecule has 118 valence electrons. The van der Waals surface area contributed by atoms with Crippen molar-refractivity contribution in [1.29, 1.82) is 0 Å². The van der Waals surface area contributed by atoms with Crippen LogP contribution in [0.5, 0.6) is 0 Å². The van der Waals surface area contributed by atoms with Crippen LogP contribution in [0.3, 0.4) is 0 Å². The molecule has 0 bridgehead atoms. The van der Waals surface area contributed by atoms with Crippen molar-refractivity contribution in [3.63, 3.8) is 0 Å². The number of hydrogen-bond acceptors (Lipinski definition) is 2. The summed E-state index contributed by atoms with van der Waals surface area (Å²) in [6, 6.07) is 10.3. The summed E-state index contributed by atoms with van der Waals surface area (Å²) in [6.07, 6.45) is 3.34. The van der Waals surface area contributed by atoms with Gasteiger partial charge in [-0.25, -0.2) is 4.99 Å². The van der Waals surface area contributed by atoms with E-state index in [-0.39, 0.29) is 0 Å². The number of rotatable bonds is 10. The first kappa shape index (κ1) is 17.5. The summed E-state index contributed by atoms with van der Waals surface area (Å²) in [5.74, 6) is 0.870. The second-order valence-electron chi connectivity index (χ2n) is 4.93. The van der Waals surface area contributed by atoms with E-state index >= 15 is 0 Å². The molecule has 4 heteroatoms. The average molecular weight is 291 g/mol. The molecule has 0 unspecified atom stereocenters. The van der Waals surface area contributed by atoms with Gasteiger partial charge in [-0.05, 0) is 25.3 Å². The van der Waals surface area contributed by atoms with Crippen LogP contribution in [0.4, 0.5) is 0 Å². The predicted octanol–water partition coefficient (Wildman–Crippen LogP) is 2.95. The van der Waals surface area contributed by atoms with Crippen LogP contribution >= 0.6 is 0 Å². The van der Waals surface area contributed by atoms with Gasteiger partial charge in [0.25, 0.3) is 0 Å². The van der Waals surface area contributed by atoms with Crippen molar-refractivity contribution in [3.8, 4) is 0 Å². The highest BCUT2D eigenvalue weighted by molar-refractivity contribution is 5.79. The Morgan fingerprint density at radius 3 is 2.52 bits per heavy atom. The van der Waals surface area contributed by atoms with Crippen LogP contribution in [0, 0.1) is 0 Å². The number of aliphatic imine (C=N–C) groups is 1. The van der Waals surface area contributed by atoms with Crippen LogP contribution in [0.2, 0.25) is 0 Å². The Bertz CT molecular complexity index is 379. The van der Waals surface area contributed by atoms with Gasteiger partial charge in [0.2, 0.25) is 0 Å². The highest BCUT2D eigenvalue weighted by atomic mass is 16.5. The second-order valence-corrected chi connectivity index (χ2v) is 4.93. The Labute approximate surface area is 129 Å². The number of unbranched alkanes of at least 4 members (excludes halogenated alkanes) is 1. The van der Waals surface area contributed by atoms with E-state index < -0.39 is 0 Å². The summed E-state index contributed by atoms with van der Waals surface area (Å²) in [7, 11) is 0. The number of guanidine groups is 1. The summed E-state index contributed by atoms with van der Waals surface area (Å²) < 4.78 is 5.54. The third-order valence-electron chi connectivity index (χ3n) is 3.01. The second kappa shape index (κ2) is 12.2. The van der Waals surface area contributed by atoms with Gasteiger partial charge in [0.15, 0.2) is 5.96 Å². The molecule has 0 amide bonds.